The van der Waals surface area contributed by atoms with Gasteiger partial charge in [0.05, 0.1) is 5.69 Å². The summed E-state index contributed by atoms with van der Waals surface area (Å²) in [6, 6.07) is 8.46. The van der Waals surface area contributed by atoms with Crippen LogP contribution in [0.3, 0.4) is 0 Å². The minimum Gasteiger partial charge on any atom is -0.338 e. The number of carbonyl (C=O) groups excluding carboxylic acids is 1. The molecule has 0 N–H and O–H groups in total. The molecule has 1 aliphatic heterocycles. The van der Waals surface area contributed by atoms with Gasteiger partial charge in [0.2, 0.25) is 0 Å². The average Bonchev–Trinajstić information content (AvgIpc) is 3.16. The molecule has 1 fully saturated rings. The largest absolute Gasteiger partial charge is 0.338 e. The van der Waals surface area contributed by atoms with Crippen LogP contribution in [0, 0.1) is 6.92 Å². The number of benzene rings is 1. The van der Waals surface area contributed by atoms with E-state index in [1.54, 1.807) is 0 Å². The fourth-order valence-corrected chi connectivity index (χ4v) is 3.70. The van der Waals surface area contributed by atoms with E-state index in [-0.39, 0.29) is 5.91 Å². The summed E-state index contributed by atoms with van der Waals surface area (Å²) in [4.78, 5) is 19.9. The molecule has 0 aliphatic carbocycles. The highest BCUT2D eigenvalue weighted by Gasteiger charge is 2.24. The lowest BCUT2D eigenvalue weighted by atomic mass is 10.1. The Hall–Kier alpha value is -1.68. The van der Waals surface area contributed by atoms with E-state index in [1.165, 1.54) is 16.9 Å². The van der Waals surface area contributed by atoms with E-state index in [4.69, 9.17) is 0 Å². The molecule has 1 saturated heterocycles. The number of hydrogen-bond acceptors (Lipinski definition) is 3. The van der Waals surface area contributed by atoms with Crippen molar-refractivity contribution in [1.29, 1.82) is 0 Å². The van der Waals surface area contributed by atoms with Crippen molar-refractivity contribution >= 4 is 17.2 Å². The molecule has 0 spiro atoms. The van der Waals surface area contributed by atoms with Crippen molar-refractivity contribution in [3.63, 3.8) is 0 Å². The third-order valence-corrected chi connectivity index (χ3v) is 5.19. The van der Waals surface area contributed by atoms with Crippen LogP contribution in [-0.4, -0.2) is 28.9 Å². The first-order valence-corrected chi connectivity index (χ1v) is 8.36. The van der Waals surface area contributed by atoms with Gasteiger partial charge in [-0.1, -0.05) is 31.2 Å². The first-order valence-electron chi connectivity index (χ1n) is 7.55. The minimum atomic E-state index is 0.152. The highest BCUT2D eigenvalue weighted by Crippen LogP contribution is 2.29. The Labute approximate surface area is 129 Å². The van der Waals surface area contributed by atoms with E-state index in [0.717, 1.165) is 53.5 Å². The number of hydrogen-bond donors (Lipinski definition) is 0. The first kappa shape index (κ1) is 14.3. The molecule has 21 heavy (non-hydrogen) atoms. The Bertz CT molecular complexity index is 639. The van der Waals surface area contributed by atoms with Crippen molar-refractivity contribution < 1.29 is 4.79 Å². The maximum Gasteiger partial charge on any atom is 0.265 e. The third-order valence-electron chi connectivity index (χ3n) is 3.99. The van der Waals surface area contributed by atoms with Crippen LogP contribution in [0.25, 0.3) is 10.6 Å². The topological polar surface area (TPSA) is 33.2 Å². The van der Waals surface area contributed by atoms with Crippen LogP contribution in [0.2, 0.25) is 0 Å². The number of likely N-dealkylation sites (tertiary alicyclic amines) is 1. The van der Waals surface area contributed by atoms with Crippen LogP contribution in [0.4, 0.5) is 0 Å². The van der Waals surface area contributed by atoms with Crippen molar-refractivity contribution in [2.75, 3.05) is 13.1 Å². The Morgan fingerprint density at radius 2 is 1.90 bits per heavy atom. The first-order chi connectivity index (χ1) is 10.2. The van der Waals surface area contributed by atoms with Crippen LogP contribution < -0.4 is 0 Å². The second-order valence-corrected chi connectivity index (χ2v) is 6.48. The summed E-state index contributed by atoms with van der Waals surface area (Å²) in [5.74, 6) is 0.152. The summed E-state index contributed by atoms with van der Waals surface area (Å²) in [7, 11) is 0. The van der Waals surface area contributed by atoms with Gasteiger partial charge in [0.15, 0.2) is 0 Å². The van der Waals surface area contributed by atoms with Crippen LogP contribution in [0.1, 0.15) is 40.7 Å². The minimum absolute atomic E-state index is 0.152. The lowest BCUT2D eigenvalue weighted by Gasteiger charge is -2.13. The molecule has 1 amide bonds. The number of thiazole rings is 1. The second kappa shape index (κ2) is 5.98. The van der Waals surface area contributed by atoms with Crippen molar-refractivity contribution in [3.8, 4) is 10.6 Å². The van der Waals surface area contributed by atoms with Gasteiger partial charge < -0.3 is 4.90 Å². The maximum atomic E-state index is 12.5. The molecule has 0 unspecified atom stereocenters. The van der Waals surface area contributed by atoms with E-state index < -0.39 is 0 Å². The maximum absolute atomic E-state index is 12.5. The molecule has 1 aliphatic rings. The molecule has 3 rings (SSSR count). The number of amides is 1. The zero-order chi connectivity index (χ0) is 14.8. The van der Waals surface area contributed by atoms with Gasteiger partial charge in [-0.3, -0.25) is 4.79 Å². The molecule has 3 nitrogen and oxygen atoms in total. The van der Waals surface area contributed by atoms with Gasteiger partial charge in [0.25, 0.3) is 5.91 Å². The van der Waals surface area contributed by atoms with Gasteiger partial charge in [-0.2, -0.15) is 0 Å². The molecule has 110 valence electrons. The Morgan fingerprint density at radius 3 is 2.52 bits per heavy atom. The van der Waals surface area contributed by atoms with Crippen LogP contribution >= 0.6 is 11.3 Å². The Morgan fingerprint density at radius 1 is 1.24 bits per heavy atom. The molecule has 1 aromatic carbocycles. The molecule has 1 aromatic heterocycles. The van der Waals surface area contributed by atoms with Crippen LogP contribution in [-0.2, 0) is 6.42 Å². The molecule has 2 heterocycles. The van der Waals surface area contributed by atoms with Crippen LogP contribution in [0.5, 0.6) is 0 Å². The number of rotatable bonds is 3. The predicted octanol–water partition coefficient (Wildman–Crippen LogP) is 3.92. The van der Waals surface area contributed by atoms with Gasteiger partial charge in [-0.15, -0.1) is 11.3 Å². The van der Waals surface area contributed by atoms with E-state index in [9.17, 15) is 4.79 Å². The molecule has 0 atom stereocenters. The third kappa shape index (κ3) is 2.86. The zero-order valence-electron chi connectivity index (χ0n) is 12.6. The number of aromatic nitrogens is 1. The SMILES string of the molecule is CCc1ccc(-c2nc(C)c(C(=O)N3CCCC3)s2)cc1. The zero-order valence-corrected chi connectivity index (χ0v) is 13.4. The van der Waals surface area contributed by atoms with Crippen molar-refractivity contribution in [2.45, 2.75) is 33.1 Å². The molecule has 0 bridgehead atoms. The summed E-state index contributed by atoms with van der Waals surface area (Å²) >= 11 is 1.52. The van der Waals surface area contributed by atoms with E-state index >= 15 is 0 Å². The molecule has 2 aromatic rings. The highest BCUT2D eigenvalue weighted by molar-refractivity contribution is 7.17. The standard InChI is InChI=1S/C17H20N2OS/c1-3-13-6-8-14(9-7-13)16-18-12(2)15(21-16)17(20)19-10-4-5-11-19/h6-9H,3-5,10-11H2,1-2H3. The summed E-state index contributed by atoms with van der Waals surface area (Å²) in [5, 5.41) is 0.942. The summed E-state index contributed by atoms with van der Waals surface area (Å²) in [5.41, 5.74) is 3.27. The van der Waals surface area contributed by atoms with Gasteiger partial charge in [0.1, 0.15) is 9.88 Å². The van der Waals surface area contributed by atoms with Gasteiger partial charge in [-0.05, 0) is 31.7 Å². The van der Waals surface area contributed by atoms with Crippen molar-refractivity contribution in [3.05, 3.63) is 40.4 Å². The van der Waals surface area contributed by atoms with Crippen molar-refractivity contribution in [2.24, 2.45) is 0 Å². The number of aryl methyl sites for hydroxylation is 2. The molecule has 4 heteroatoms. The average molecular weight is 300 g/mol. The molecule has 0 radical (unpaired) electrons. The van der Waals surface area contributed by atoms with Crippen molar-refractivity contribution in [1.82, 2.24) is 9.88 Å². The van der Waals surface area contributed by atoms with E-state index in [0.29, 0.717) is 0 Å². The lowest BCUT2D eigenvalue weighted by molar-refractivity contribution is 0.0796. The Balaban J connectivity index is 1.87. The molecular weight excluding hydrogens is 280 g/mol. The van der Waals surface area contributed by atoms with E-state index in [2.05, 4.69) is 36.2 Å². The van der Waals surface area contributed by atoms with E-state index in [1.807, 2.05) is 11.8 Å². The Kier molecular flexibility index (Phi) is 4.06. The van der Waals surface area contributed by atoms with Crippen LogP contribution in [0.15, 0.2) is 24.3 Å². The molecular formula is C17H20N2OS. The smallest absolute Gasteiger partial charge is 0.265 e. The summed E-state index contributed by atoms with van der Waals surface area (Å²) < 4.78 is 0. The normalized spacial score (nSPS) is 14.7. The molecule has 0 saturated carbocycles. The fraction of sp³-hybridized carbons (Fsp3) is 0.412. The fourth-order valence-electron chi connectivity index (χ4n) is 2.67. The number of carbonyl (C=O) groups is 1. The second-order valence-electron chi connectivity index (χ2n) is 5.48. The van der Waals surface area contributed by atoms with Gasteiger partial charge >= 0.3 is 0 Å². The quantitative estimate of drug-likeness (QED) is 0.861. The monoisotopic (exact) mass is 300 g/mol. The highest BCUT2D eigenvalue weighted by atomic mass is 32.1. The lowest BCUT2D eigenvalue weighted by Crippen LogP contribution is -2.27. The number of nitrogens with zero attached hydrogens (tertiary/aromatic N) is 2. The van der Waals surface area contributed by atoms with Gasteiger partial charge in [0, 0.05) is 18.7 Å². The summed E-state index contributed by atoms with van der Waals surface area (Å²) in [6.45, 7) is 5.85. The summed E-state index contributed by atoms with van der Waals surface area (Å²) in [6.07, 6.45) is 3.28. The predicted molar refractivity (Wildman–Crippen MR) is 86.8 cm³/mol. The van der Waals surface area contributed by atoms with Gasteiger partial charge in [-0.25, -0.2) is 4.98 Å².